The topological polar surface area (TPSA) is 56.7 Å². The molecule has 1 saturated heterocycles. The van der Waals surface area contributed by atoms with Crippen LogP contribution in [0.4, 0.5) is 0 Å². The van der Waals surface area contributed by atoms with E-state index in [4.69, 9.17) is 4.99 Å². The number of nitrogens with one attached hydrogen (secondary N) is 2. The van der Waals surface area contributed by atoms with E-state index >= 15 is 0 Å². The maximum absolute atomic E-state index is 11.5. The maximum Gasteiger partial charge on any atom is 0.220 e. The monoisotopic (exact) mass is 536 g/mol. The zero-order valence-electron chi connectivity index (χ0n) is 15.8. The van der Waals surface area contributed by atoms with E-state index in [-0.39, 0.29) is 29.9 Å². The quantitative estimate of drug-likeness (QED) is 0.343. The summed E-state index contributed by atoms with van der Waals surface area (Å²) < 4.78 is 1.10. The molecule has 0 spiro atoms. The summed E-state index contributed by atoms with van der Waals surface area (Å²) in [6.07, 6.45) is 2.71. The molecule has 1 aromatic carbocycles. The molecule has 5 nitrogen and oxygen atoms in total. The van der Waals surface area contributed by atoms with Gasteiger partial charge in [0.25, 0.3) is 0 Å². The number of hydrogen-bond acceptors (Lipinski definition) is 2. The number of amides is 1. The summed E-state index contributed by atoms with van der Waals surface area (Å²) in [4.78, 5) is 18.7. The third-order valence-corrected chi connectivity index (χ3v) is 5.20. The van der Waals surface area contributed by atoms with Crippen LogP contribution >= 0.6 is 39.9 Å². The van der Waals surface area contributed by atoms with E-state index in [0.717, 1.165) is 42.9 Å². The first-order valence-corrected chi connectivity index (χ1v) is 9.81. The molecule has 0 unspecified atom stereocenters. The molecule has 1 heterocycles. The van der Waals surface area contributed by atoms with Gasteiger partial charge < -0.3 is 15.5 Å². The van der Waals surface area contributed by atoms with Gasteiger partial charge in [0.05, 0.1) is 6.54 Å². The fourth-order valence-electron chi connectivity index (χ4n) is 3.14. The lowest BCUT2D eigenvalue weighted by atomic mass is 9.93. The maximum atomic E-state index is 11.5. The number of carbonyl (C=O) groups excluding carboxylic acids is 1. The van der Waals surface area contributed by atoms with Crippen LogP contribution in [-0.2, 0) is 11.3 Å². The van der Waals surface area contributed by atoms with E-state index < -0.39 is 0 Å². The standard InChI is InChI=1S/C19H29BrN4O.HI/c1-4-22-19(23-13-16-5-6-17(20)11-14(16)2)24-9-7-15(8-10-24)12-18(25)21-3;/h5-6,11,15H,4,7-10,12-13H2,1-3H3,(H,21,25)(H,22,23);1H. The molecule has 1 aromatic rings. The van der Waals surface area contributed by atoms with Gasteiger partial charge in [-0.25, -0.2) is 4.99 Å². The second-order valence-electron chi connectivity index (χ2n) is 6.55. The highest BCUT2D eigenvalue weighted by molar-refractivity contribution is 14.0. The molecule has 1 aliphatic heterocycles. The van der Waals surface area contributed by atoms with E-state index in [1.165, 1.54) is 11.1 Å². The minimum atomic E-state index is 0. The number of guanidine groups is 1. The molecule has 0 aromatic heterocycles. The van der Waals surface area contributed by atoms with Crippen LogP contribution in [0.1, 0.15) is 37.3 Å². The summed E-state index contributed by atoms with van der Waals surface area (Å²) in [5.41, 5.74) is 2.49. The molecule has 2 rings (SSSR count). The fraction of sp³-hybridized carbons (Fsp3) is 0.579. The van der Waals surface area contributed by atoms with Gasteiger partial charge in [-0.05, 0) is 55.9 Å². The van der Waals surface area contributed by atoms with Crippen molar-refractivity contribution < 1.29 is 4.79 Å². The molecule has 1 fully saturated rings. The van der Waals surface area contributed by atoms with Gasteiger partial charge in [-0.3, -0.25) is 4.79 Å². The summed E-state index contributed by atoms with van der Waals surface area (Å²) in [6, 6.07) is 6.32. The molecule has 1 aliphatic rings. The first kappa shape index (κ1) is 23.2. The molecule has 2 N–H and O–H groups in total. The lowest BCUT2D eigenvalue weighted by Gasteiger charge is -2.34. The Morgan fingerprint density at radius 2 is 2.04 bits per heavy atom. The number of halogens is 2. The zero-order valence-corrected chi connectivity index (χ0v) is 19.8. The van der Waals surface area contributed by atoms with Gasteiger partial charge in [0.2, 0.25) is 5.91 Å². The number of benzene rings is 1. The predicted octanol–water partition coefficient (Wildman–Crippen LogP) is 3.69. The highest BCUT2D eigenvalue weighted by atomic mass is 127. The number of nitrogens with zero attached hydrogens (tertiary/aromatic N) is 2. The summed E-state index contributed by atoms with van der Waals surface area (Å²) in [5.74, 6) is 1.60. The molecule has 0 aliphatic carbocycles. The van der Waals surface area contributed by atoms with Crippen molar-refractivity contribution in [2.24, 2.45) is 10.9 Å². The number of piperidine rings is 1. The van der Waals surface area contributed by atoms with E-state index in [2.05, 4.69) is 63.5 Å². The molecule has 1 amide bonds. The first-order valence-electron chi connectivity index (χ1n) is 9.02. The first-order chi connectivity index (χ1) is 12.0. The molecular formula is C19H30BrIN4O. The number of likely N-dealkylation sites (tertiary alicyclic amines) is 1. The van der Waals surface area contributed by atoms with Crippen molar-refractivity contribution in [1.82, 2.24) is 15.5 Å². The number of hydrogen-bond donors (Lipinski definition) is 2. The Kier molecular flexibility index (Phi) is 10.5. The van der Waals surface area contributed by atoms with Gasteiger partial charge in [0.1, 0.15) is 0 Å². The minimum absolute atomic E-state index is 0. The Morgan fingerprint density at radius 1 is 1.35 bits per heavy atom. The van der Waals surface area contributed by atoms with Crippen molar-refractivity contribution >= 4 is 51.8 Å². The van der Waals surface area contributed by atoms with E-state index in [1.807, 2.05) is 0 Å². The van der Waals surface area contributed by atoms with E-state index in [0.29, 0.717) is 18.9 Å². The summed E-state index contributed by atoms with van der Waals surface area (Å²) in [6.45, 7) is 7.65. The number of aryl methyl sites for hydroxylation is 1. The molecule has 0 atom stereocenters. The molecule has 7 heteroatoms. The fourth-order valence-corrected chi connectivity index (χ4v) is 3.61. The average Bonchev–Trinajstić information content (AvgIpc) is 2.60. The van der Waals surface area contributed by atoms with Crippen LogP contribution in [0.15, 0.2) is 27.7 Å². The lowest BCUT2D eigenvalue weighted by Crippen LogP contribution is -2.46. The van der Waals surface area contributed by atoms with Crippen LogP contribution in [0.5, 0.6) is 0 Å². The highest BCUT2D eigenvalue weighted by Crippen LogP contribution is 2.21. The van der Waals surface area contributed by atoms with Crippen molar-refractivity contribution in [3.05, 3.63) is 33.8 Å². The van der Waals surface area contributed by atoms with Crippen molar-refractivity contribution in [1.29, 1.82) is 0 Å². The Labute approximate surface area is 182 Å². The molecule has 26 heavy (non-hydrogen) atoms. The zero-order chi connectivity index (χ0) is 18.2. The van der Waals surface area contributed by atoms with Gasteiger partial charge >= 0.3 is 0 Å². The third kappa shape index (κ3) is 7.06. The largest absolute Gasteiger partial charge is 0.359 e. The molecule has 0 saturated carbocycles. The second kappa shape index (κ2) is 11.8. The van der Waals surface area contributed by atoms with Gasteiger partial charge in [-0.2, -0.15) is 0 Å². The van der Waals surface area contributed by atoms with E-state index in [1.54, 1.807) is 7.05 Å². The highest BCUT2D eigenvalue weighted by Gasteiger charge is 2.23. The summed E-state index contributed by atoms with van der Waals surface area (Å²) in [7, 11) is 1.71. The van der Waals surface area contributed by atoms with Crippen molar-refractivity contribution in [3.63, 3.8) is 0 Å². The Balaban J connectivity index is 0.00000338. The molecule has 146 valence electrons. The SMILES string of the molecule is CCNC(=NCc1ccc(Br)cc1C)N1CCC(CC(=O)NC)CC1.I. The van der Waals surface area contributed by atoms with E-state index in [9.17, 15) is 4.79 Å². The molecule has 0 bridgehead atoms. The average molecular weight is 537 g/mol. The van der Waals surface area contributed by atoms with Crippen LogP contribution in [0.25, 0.3) is 0 Å². The molecular weight excluding hydrogens is 507 g/mol. The Hall–Kier alpha value is -0.830. The third-order valence-electron chi connectivity index (χ3n) is 4.71. The van der Waals surface area contributed by atoms with Gasteiger partial charge in [0.15, 0.2) is 5.96 Å². The van der Waals surface area contributed by atoms with Crippen LogP contribution in [0.3, 0.4) is 0 Å². The molecule has 0 radical (unpaired) electrons. The summed E-state index contributed by atoms with van der Waals surface area (Å²) >= 11 is 3.51. The number of aliphatic imine (C=N–C) groups is 1. The smallest absolute Gasteiger partial charge is 0.220 e. The number of rotatable bonds is 5. The second-order valence-corrected chi connectivity index (χ2v) is 7.46. The normalized spacial score (nSPS) is 15.4. The van der Waals surface area contributed by atoms with Gasteiger partial charge in [-0.1, -0.05) is 22.0 Å². The lowest BCUT2D eigenvalue weighted by molar-refractivity contribution is -0.121. The van der Waals surface area contributed by atoms with Crippen LogP contribution in [-0.4, -0.2) is 43.4 Å². The van der Waals surface area contributed by atoms with Gasteiger partial charge in [-0.15, -0.1) is 24.0 Å². The summed E-state index contributed by atoms with van der Waals surface area (Å²) in [5, 5.41) is 6.13. The van der Waals surface area contributed by atoms with Crippen molar-refractivity contribution in [2.75, 3.05) is 26.7 Å². The van der Waals surface area contributed by atoms with Crippen LogP contribution in [0, 0.1) is 12.8 Å². The minimum Gasteiger partial charge on any atom is -0.359 e. The Bertz CT molecular complexity index is 616. The number of carbonyl (C=O) groups is 1. The van der Waals surface area contributed by atoms with Gasteiger partial charge in [0, 0.05) is 37.6 Å². The van der Waals surface area contributed by atoms with Crippen molar-refractivity contribution in [3.8, 4) is 0 Å². The Morgan fingerprint density at radius 3 is 2.62 bits per heavy atom. The van der Waals surface area contributed by atoms with Crippen molar-refractivity contribution in [2.45, 2.75) is 39.7 Å². The van der Waals surface area contributed by atoms with Crippen LogP contribution < -0.4 is 10.6 Å². The predicted molar refractivity (Wildman–Crippen MR) is 122 cm³/mol. The van der Waals surface area contributed by atoms with Crippen LogP contribution in [0.2, 0.25) is 0 Å².